The standard InChI is InChI=1S/C39H68N2O5/c1-33(2,3)28-18-25(19-29(30(28)42)34(4,5)6)20-39(15,31(43)45-26-21-35(7,8)40(16)36(9,10)22-26)32(44)46-27-23-37(11,12)41(17)38(13,14)24-27/h18-19,26-27,31,42-43H,20-24H2,1-17H3. The van der Waals surface area contributed by atoms with Crippen LogP contribution in [0, 0.1) is 5.41 Å². The number of hydrogen-bond donors (Lipinski definition) is 2. The van der Waals surface area contributed by atoms with Crippen LogP contribution in [0.5, 0.6) is 5.75 Å². The molecule has 0 saturated carbocycles. The Labute approximate surface area is 281 Å². The van der Waals surface area contributed by atoms with Gasteiger partial charge in [0, 0.05) is 35.0 Å². The van der Waals surface area contributed by atoms with Crippen molar-refractivity contribution in [3.63, 3.8) is 0 Å². The van der Waals surface area contributed by atoms with Crippen molar-refractivity contribution in [1.82, 2.24) is 9.80 Å². The topological polar surface area (TPSA) is 82.5 Å². The number of esters is 1. The van der Waals surface area contributed by atoms with Gasteiger partial charge in [0.2, 0.25) is 0 Å². The van der Waals surface area contributed by atoms with Crippen molar-refractivity contribution in [2.24, 2.45) is 5.41 Å². The van der Waals surface area contributed by atoms with E-state index in [1.165, 1.54) is 0 Å². The van der Waals surface area contributed by atoms with E-state index in [1.54, 1.807) is 6.92 Å². The van der Waals surface area contributed by atoms with Gasteiger partial charge in [-0.2, -0.15) is 0 Å². The first-order valence-corrected chi connectivity index (χ1v) is 17.3. The second-order valence-electron chi connectivity index (χ2n) is 19.5. The summed E-state index contributed by atoms with van der Waals surface area (Å²) in [6, 6.07) is 3.98. The summed E-state index contributed by atoms with van der Waals surface area (Å²) in [7, 11) is 4.28. The molecular weight excluding hydrogens is 576 g/mol. The minimum absolute atomic E-state index is 0.144. The molecule has 2 fully saturated rings. The third-order valence-corrected chi connectivity index (χ3v) is 11.5. The summed E-state index contributed by atoms with van der Waals surface area (Å²) in [6.45, 7) is 31.8. The summed E-state index contributed by atoms with van der Waals surface area (Å²) in [5, 5.41) is 23.5. The number of piperidine rings is 2. The van der Waals surface area contributed by atoms with Crippen molar-refractivity contribution in [2.75, 3.05) is 14.1 Å². The van der Waals surface area contributed by atoms with Gasteiger partial charge in [-0.1, -0.05) is 53.7 Å². The van der Waals surface area contributed by atoms with Crippen LogP contribution in [-0.4, -0.2) is 80.7 Å². The lowest BCUT2D eigenvalue weighted by atomic mass is 9.75. The van der Waals surface area contributed by atoms with Crippen molar-refractivity contribution >= 4 is 5.97 Å². The van der Waals surface area contributed by atoms with E-state index in [1.807, 2.05) is 12.1 Å². The average molecular weight is 645 g/mol. The number of phenols is 1. The number of carbonyl (C=O) groups is 1. The van der Waals surface area contributed by atoms with Crippen LogP contribution in [0.25, 0.3) is 0 Å². The third kappa shape index (κ3) is 7.96. The van der Waals surface area contributed by atoms with Gasteiger partial charge >= 0.3 is 5.97 Å². The molecule has 0 spiro atoms. The Kier molecular flexibility index (Phi) is 10.4. The molecule has 0 amide bonds. The van der Waals surface area contributed by atoms with Gasteiger partial charge in [-0.3, -0.25) is 14.6 Å². The van der Waals surface area contributed by atoms with Gasteiger partial charge < -0.3 is 19.7 Å². The lowest BCUT2D eigenvalue weighted by molar-refractivity contribution is -0.233. The van der Waals surface area contributed by atoms with Gasteiger partial charge in [-0.05, 0) is 123 Å². The average Bonchev–Trinajstić information content (AvgIpc) is 2.84. The first-order chi connectivity index (χ1) is 20.4. The molecule has 2 saturated heterocycles. The summed E-state index contributed by atoms with van der Waals surface area (Å²) in [6.07, 6.45) is 1.14. The fourth-order valence-electron chi connectivity index (χ4n) is 7.98. The minimum atomic E-state index is -1.39. The molecular formula is C39H68N2O5. The highest BCUT2D eigenvalue weighted by Crippen LogP contribution is 2.45. The first-order valence-electron chi connectivity index (χ1n) is 17.3. The predicted octanol–water partition coefficient (Wildman–Crippen LogP) is 7.72. The van der Waals surface area contributed by atoms with Gasteiger partial charge in [0.1, 0.15) is 17.3 Å². The number of aliphatic hydroxyl groups is 1. The van der Waals surface area contributed by atoms with Crippen molar-refractivity contribution in [3.05, 3.63) is 28.8 Å². The molecule has 1 aromatic carbocycles. The zero-order valence-electron chi connectivity index (χ0n) is 32.4. The molecule has 3 rings (SSSR count). The van der Waals surface area contributed by atoms with E-state index in [0.29, 0.717) is 12.8 Å². The van der Waals surface area contributed by atoms with Gasteiger partial charge in [-0.25, -0.2) is 0 Å². The molecule has 2 N–H and O–H groups in total. The molecule has 2 heterocycles. The van der Waals surface area contributed by atoms with Gasteiger partial charge in [0.05, 0.1) is 6.10 Å². The maximum Gasteiger partial charge on any atom is 0.317 e. The number of ether oxygens (including phenoxy) is 2. The highest BCUT2D eigenvalue weighted by atomic mass is 16.6. The first kappa shape index (κ1) is 38.8. The van der Waals surface area contributed by atoms with Gasteiger partial charge in [-0.15, -0.1) is 0 Å². The Morgan fingerprint density at radius 3 is 1.46 bits per heavy atom. The van der Waals surface area contributed by atoms with Crippen LogP contribution in [0.4, 0.5) is 0 Å². The van der Waals surface area contributed by atoms with Crippen LogP contribution < -0.4 is 0 Å². The lowest BCUT2D eigenvalue weighted by Crippen LogP contribution is -2.61. The molecule has 2 unspecified atom stereocenters. The molecule has 7 heteroatoms. The smallest absolute Gasteiger partial charge is 0.317 e. The van der Waals surface area contributed by atoms with E-state index in [9.17, 15) is 15.0 Å². The number of benzene rings is 1. The van der Waals surface area contributed by atoms with Crippen LogP contribution >= 0.6 is 0 Å². The van der Waals surface area contributed by atoms with E-state index in [2.05, 4.69) is 121 Å². The van der Waals surface area contributed by atoms with E-state index in [0.717, 1.165) is 29.5 Å². The minimum Gasteiger partial charge on any atom is -0.507 e. The van der Waals surface area contributed by atoms with Gasteiger partial charge in [0.15, 0.2) is 6.29 Å². The maximum atomic E-state index is 14.5. The van der Waals surface area contributed by atoms with Gasteiger partial charge in [0.25, 0.3) is 0 Å². The molecule has 2 atom stereocenters. The molecule has 0 aromatic heterocycles. The molecule has 0 aliphatic carbocycles. The summed E-state index contributed by atoms with van der Waals surface area (Å²) < 4.78 is 13.0. The van der Waals surface area contributed by atoms with Crippen LogP contribution in [-0.2, 0) is 31.5 Å². The number of rotatable bonds is 7. The fourth-order valence-corrected chi connectivity index (χ4v) is 7.98. The Balaban J connectivity index is 2.08. The Bertz CT molecular complexity index is 1200. The fraction of sp³-hybridized carbons (Fsp3) is 0.821. The number of hydrogen-bond acceptors (Lipinski definition) is 7. The maximum absolute atomic E-state index is 14.5. The molecule has 0 bridgehead atoms. The molecule has 2 aliphatic rings. The van der Waals surface area contributed by atoms with E-state index in [-0.39, 0.29) is 57.4 Å². The van der Waals surface area contributed by atoms with Crippen molar-refractivity contribution in [1.29, 1.82) is 0 Å². The van der Waals surface area contributed by atoms with Crippen LogP contribution in [0.3, 0.4) is 0 Å². The second kappa shape index (κ2) is 12.3. The Hall–Kier alpha value is -1.67. The number of nitrogens with zero attached hydrogens (tertiary/aromatic N) is 2. The summed E-state index contributed by atoms with van der Waals surface area (Å²) in [5.41, 5.74) is -0.168. The van der Waals surface area contributed by atoms with Crippen molar-refractivity contribution in [3.8, 4) is 5.75 Å². The molecule has 7 nitrogen and oxygen atoms in total. The van der Waals surface area contributed by atoms with E-state index < -0.39 is 17.7 Å². The monoisotopic (exact) mass is 645 g/mol. The van der Waals surface area contributed by atoms with Crippen LogP contribution in [0.1, 0.15) is 146 Å². The van der Waals surface area contributed by atoms with Crippen molar-refractivity contribution in [2.45, 2.75) is 187 Å². The van der Waals surface area contributed by atoms with Crippen LogP contribution in [0.2, 0.25) is 0 Å². The number of phenolic OH excluding ortho intramolecular Hbond substituents is 1. The molecule has 2 aliphatic heterocycles. The quantitative estimate of drug-likeness (QED) is 0.232. The Morgan fingerprint density at radius 2 is 1.11 bits per heavy atom. The Morgan fingerprint density at radius 1 is 0.761 bits per heavy atom. The van der Waals surface area contributed by atoms with Crippen LogP contribution in [0.15, 0.2) is 12.1 Å². The highest BCUT2D eigenvalue weighted by Gasteiger charge is 2.51. The number of aliphatic hydroxyl groups excluding tert-OH is 1. The number of carbonyl (C=O) groups excluding carboxylic acids is 1. The molecule has 1 aromatic rings. The SMILES string of the molecule is CN1C(C)(C)CC(OC(=O)C(C)(Cc2cc(C(C)(C)C)c(O)c(C(C)(C)C)c2)C(O)OC2CC(C)(C)N(C)C(C)(C)C2)CC1(C)C. The normalized spacial score (nSPS) is 24.7. The zero-order valence-corrected chi connectivity index (χ0v) is 32.4. The largest absolute Gasteiger partial charge is 0.507 e. The molecule has 0 radical (unpaired) electrons. The number of likely N-dealkylation sites (tertiary alicyclic amines) is 2. The predicted molar refractivity (Wildman–Crippen MR) is 188 cm³/mol. The highest BCUT2D eigenvalue weighted by molar-refractivity contribution is 5.77. The summed E-state index contributed by atoms with van der Waals surface area (Å²) in [4.78, 5) is 19.3. The lowest BCUT2D eigenvalue weighted by Gasteiger charge is -2.54. The third-order valence-electron chi connectivity index (χ3n) is 11.5. The summed E-state index contributed by atoms with van der Waals surface area (Å²) >= 11 is 0. The van der Waals surface area contributed by atoms with E-state index >= 15 is 0 Å². The second-order valence-corrected chi connectivity index (χ2v) is 19.5. The van der Waals surface area contributed by atoms with E-state index in [4.69, 9.17) is 9.47 Å². The summed E-state index contributed by atoms with van der Waals surface area (Å²) in [5.74, 6) is -0.160. The number of aromatic hydroxyl groups is 1. The molecule has 46 heavy (non-hydrogen) atoms. The van der Waals surface area contributed by atoms with Crippen molar-refractivity contribution < 1.29 is 24.5 Å². The molecule has 264 valence electrons. The zero-order chi connectivity index (χ0) is 35.6.